The molecule has 0 saturated carbocycles. The minimum absolute atomic E-state index is 0. The van der Waals surface area contributed by atoms with Crippen molar-refractivity contribution in [3.63, 3.8) is 0 Å². The Kier molecular flexibility index (Phi) is 13.5. The van der Waals surface area contributed by atoms with Gasteiger partial charge in [0.25, 0.3) is 0 Å². The second-order valence-corrected chi connectivity index (χ2v) is 6.34. The molecular weight excluding hydrogens is 438 g/mol. The predicted molar refractivity (Wildman–Crippen MR) is 109 cm³/mol. The molecule has 1 aromatic carbocycles. The van der Waals surface area contributed by atoms with Gasteiger partial charge < -0.3 is 26.7 Å². The molecule has 1 heterocycles. The van der Waals surface area contributed by atoms with E-state index < -0.39 is 34.4 Å². The number of fused-ring (bicyclic) bond motifs is 1. The van der Waals surface area contributed by atoms with E-state index in [-0.39, 0.29) is 18.2 Å². The van der Waals surface area contributed by atoms with Gasteiger partial charge in [0.15, 0.2) is 0 Å². The summed E-state index contributed by atoms with van der Waals surface area (Å²) in [6.07, 6.45) is 2.16. The number of carboxylic acid groups (broad SMARTS) is 2. The van der Waals surface area contributed by atoms with Crippen LogP contribution in [0.3, 0.4) is 0 Å². The molecule has 0 aliphatic heterocycles. The van der Waals surface area contributed by atoms with Crippen LogP contribution in [0.5, 0.6) is 0 Å². The molecule has 0 fully saturated rings. The van der Waals surface area contributed by atoms with Crippen molar-refractivity contribution in [3.8, 4) is 0 Å². The van der Waals surface area contributed by atoms with Gasteiger partial charge in [-0.2, -0.15) is 21.0 Å². The van der Waals surface area contributed by atoms with Crippen molar-refractivity contribution in [1.82, 2.24) is 4.98 Å². The Bertz CT molecular complexity index is 851. The van der Waals surface area contributed by atoms with Gasteiger partial charge in [0.2, 0.25) is 0 Å². The van der Waals surface area contributed by atoms with Crippen molar-refractivity contribution in [3.05, 3.63) is 36.0 Å². The first-order valence-corrected chi connectivity index (χ1v) is 9.22. The highest BCUT2D eigenvalue weighted by molar-refractivity contribution is 7.80. The second kappa shape index (κ2) is 13.3. The van der Waals surface area contributed by atoms with E-state index in [1.165, 1.54) is 0 Å². The molecule has 0 spiro atoms. The van der Waals surface area contributed by atoms with Crippen LogP contribution in [-0.4, -0.2) is 62.5 Å². The monoisotopic (exact) mass is 459 g/mol. The van der Waals surface area contributed by atoms with Crippen LogP contribution in [0.25, 0.3) is 10.9 Å². The Labute approximate surface area is 172 Å². The lowest BCUT2D eigenvalue weighted by molar-refractivity contribution is -0.139. The van der Waals surface area contributed by atoms with Crippen molar-refractivity contribution in [2.24, 2.45) is 11.5 Å². The fraction of sp³-hybridized carbons (Fsp3) is 0.286. The maximum Gasteiger partial charge on any atom is 0.394 e. The van der Waals surface area contributed by atoms with E-state index in [2.05, 4.69) is 17.6 Å². The molecule has 0 aliphatic carbocycles. The number of benzene rings is 1. The van der Waals surface area contributed by atoms with E-state index in [1.807, 2.05) is 30.5 Å². The number of aromatic nitrogens is 1. The zero-order valence-electron chi connectivity index (χ0n) is 14.3. The van der Waals surface area contributed by atoms with Crippen LogP contribution in [0.15, 0.2) is 30.5 Å². The molecule has 160 valence electrons. The van der Waals surface area contributed by atoms with Crippen molar-refractivity contribution in [2.45, 2.75) is 18.5 Å². The van der Waals surface area contributed by atoms with E-state index in [0.29, 0.717) is 6.42 Å². The fourth-order valence-corrected chi connectivity index (χ4v) is 1.86. The van der Waals surface area contributed by atoms with Crippen molar-refractivity contribution < 1.29 is 37.3 Å². The highest BCUT2D eigenvalue weighted by Crippen LogP contribution is 2.18. The summed E-state index contributed by atoms with van der Waals surface area (Å²) in [5, 5.41) is 17.8. The Balaban J connectivity index is 0. The smallest absolute Gasteiger partial charge is 0.394 e. The summed E-state index contributed by atoms with van der Waals surface area (Å²) in [6.45, 7) is 0. The number of aliphatic carboxylic acids is 2. The topological polar surface area (TPSA) is 217 Å². The van der Waals surface area contributed by atoms with E-state index in [1.54, 1.807) is 0 Å². The van der Waals surface area contributed by atoms with E-state index in [4.69, 9.17) is 39.2 Å². The Morgan fingerprint density at radius 2 is 1.54 bits per heavy atom. The van der Waals surface area contributed by atoms with Crippen LogP contribution in [-0.2, 0) is 26.4 Å². The first-order chi connectivity index (χ1) is 12.4. The van der Waals surface area contributed by atoms with Gasteiger partial charge >= 0.3 is 22.3 Å². The third-order valence-electron chi connectivity index (χ3n) is 2.95. The number of H-pyrrole nitrogens is 1. The first-order valence-electron chi connectivity index (χ1n) is 7.19. The number of carbonyl (C=O) groups is 2. The molecule has 2 atom stereocenters. The molecule has 1 aromatic heterocycles. The number of hydrogen-bond acceptors (Lipinski definition) is 7. The summed E-state index contributed by atoms with van der Waals surface area (Å²) >= 11 is 3.65. The third-order valence-corrected chi connectivity index (χ3v) is 3.34. The van der Waals surface area contributed by atoms with Gasteiger partial charge in [-0.3, -0.25) is 18.7 Å². The van der Waals surface area contributed by atoms with Crippen molar-refractivity contribution >= 4 is 58.3 Å². The van der Waals surface area contributed by atoms with Crippen LogP contribution in [0, 0.1) is 0 Å². The lowest BCUT2D eigenvalue weighted by atomic mass is 10.1. The first kappa shape index (κ1) is 28.3. The minimum Gasteiger partial charge on any atom is -0.480 e. The number of rotatable bonds is 5. The molecule has 14 heteroatoms. The quantitative estimate of drug-likeness (QED) is 0.224. The number of nitrogens with two attached hydrogens (primary N) is 2. The van der Waals surface area contributed by atoms with Gasteiger partial charge in [-0.15, -0.1) is 12.4 Å². The van der Waals surface area contributed by atoms with Gasteiger partial charge in [-0.05, 0) is 11.6 Å². The standard InChI is InChI=1S/C11H12N2O2.C3H7NO2S.ClH.H2O4S/c12-9(11(14)15)5-7-6-13-10-4-2-1-3-8(7)10;4-2(1-7)3(5)6;;1-5(2,3)4/h1-4,6,9,13H,5,12H2,(H,14,15);2,7H,1,4H2,(H,5,6);1H;(H2,1,2,3,4)/t9-;2-;;/m00../s1. The van der Waals surface area contributed by atoms with E-state index in [9.17, 15) is 9.59 Å². The van der Waals surface area contributed by atoms with Crippen LogP contribution >= 0.6 is 25.0 Å². The number of hydrogen-bond donors (Lipinski definition) is 8. The van der Waals surface area contributed by atoms with Crippen LogP contribution in [0.1, 0.15) is 5.56 Å². The van der Waals surface area contributed by atoms with Crippen LogP contribution < -0.4 is 11.5 Å². The van der Waals surface area contributed by atoms with Crippen LogP contribution in [0.4, 0.5) is 0 Å². The van der Waals surface area contributed by atoms with Gasteiger partial charge in [0, 0.05) is 29.3 Å². The van der Waals surface area contributed by atoms with Crippen LogP contribution in [0.2, 0.25) is 0 Å². The normalized spacial score (nSPS) is 12.3. The maximum absolute atomic E-state index is 10.6. The molecule has 2 rings (SSSR count). The van der Waals surface area contributed by atoms with Gasteiger partial charge in [0.05, 0.1) is 0 Å². The number of para-hydroxylation sites is 1. The van der Waals surface area contributed by atoms with E-state index in [0.717, 1.165) is 16.5 Å². The summed E-state index contributed by atoms with van der Waals surface area (Å²) in [7, 11) is -4.67. The molecule has 0 aliphatic rings. The molecule has 0 saturated heterocycles. The Morgan fingerprint density at radius 3 is 1.93 bits per heavy atom. The molecule has 11 nitrogen and oxygen atoms in total. The Hall–Kier alpha value is -1.87. The average molecular weight is 460 g/mol. The third kappa shape index (κ3) is 12.5. The highest BCUT2D eigenvalue weighted by atomic mass is 35.5. The molecular formula is C14H22ClN3O8S2. The zero-order chi connectivity index (χ0) is 21.2. The van der Waals surface area contributed by atoms with Gasteiger partial charge in [0.1, 0.15) is 12.1 Å². The number of aromatic amines is 1. The summed E-state index contributed by atoms with van der Waals surface area (Å²) in [5.74, 6) is -1.79. The number of halogens is 1. The maximum atomic E-state index is 10.6. The lowest BCUT2D eigenvalue weighted by Crippen LogP contribution is -2.32. The average Bonchev–Trinajstić information content (AvgIpc) is 2.96. The summed E-state index contributed by atoms with van der Waals surface area (Å²) in [6, 6.07) is 6.10. The van der Waals surface area contributed by atoms with Gasteiger partial charge in [-0.1, -0.05) is 18.2 Å². The van der Waals surface area contributed by atoms with Gasteiger partial charge in [-0.25, -0.2) is 0 Å². The molecule has 0 radical (unpaired) electrons. The molecule has 0 unspecified atom stereocenters. The molecule has 2 aromatic rings. The molecule has 0 amide bonds. The molecule has 0 bridgehead atoms. The van der Waals surface area contributed by atoms with Crippen molar-refractivity contribution in [2.75, 3.05) is 5.75 Å². The highest BCUT2D eigenvalue weighted by Gasteiger charge is 2.14. The minimum atomic E-state index is -4.67. The molecule has 9 N–H and O–H groups in total. The van der Waals surface area contributed by atoms with E-state index >= 15 is 0 Å². The predicted octanol–water partition coefficient (Wildman–Crippen LogP) is 0.219. The number of nitrogens with one attached hydrogen (secondary N) is 1. The zero-order valence-corrected chi connectivity index (χ0v) is 16.8. The summed E-state index contributed by atoms with van der Waals surface area (Å²) < 4.78 is 31.6. The Morgan fingerprint density at radius 1 is 1.07 bits per heavy atom. The SMILES string of the molecule is Cl.N[C@@H](CS)C(=O)O.N[C@@H](Cc1c[nH]c2ccccc12)C(=O)O.O=S(=O)(O)O. The lowest BCUT2D eigenvalue weighted by Gasteiger charge is -2.04. The van der Waals surface area contributed by atoms with Crippen molar-refractivity contribution in [1.29, 1.82) is 0 Å². The number of carboxylic acids is 2. The molecule has 28 heavy (non-hydrogen) atoms. The summed E-state index contributed by atoms with van der Waals surface area (Å²) in [4.78, 5) is 23.5. The fourth-order valence-electron chi connectivity index (χ4n) is 1.70. The largest absolute Gasteiger partial charge is 0.480 e. The second-order valence-electron chi connectivity index (χ2n) is 5.08. The number of thiol groups is 1. The summed E-state index contributed by atoms with van der Waals surface area (Å²) in [5.41, 5.74) is 12.4.